The maximum Gasteiger partial charge on any atom is 0.0606 e. The topological polar surface area (TPSA) is 17.0 Å². The van der Waals surface area contributed by atoms with E-state index in [2.05, 4.69) is 113 Å². The van der Waals surface area contributed by atoms with Crippen molar-refractivity contribution >= 4 is 34.0 Å². The zero-order chi connectivity index (χ0) is 19.9. The first-order valence-corrected chi connectivity index (χ1v) is 11.0. The number of anilines is 2. The van der Waals surface area contributed by atoms with E-state index in [1.807, 2.05) is 11.8 Å². The van der Waals surface area contributed by atoms with Crippen LogP contribution in [0.25, 0.3) is 22.0 Å². The van der Waals surface area contributed by atoms with E-state index in [4.69, 9.17) is 0 Å². The second-order valence-electron chi connectivity index (χ2n) is 7.58. The summed E-state index contributed by atoms with van der Waals surface area (Å²) in [6, 6.07) is 34.5. The van der Waals surface area contributed by atoms with Gasteiger partial charge in [-0.15, -0.1) is 0 Å². The highest BCUT2D eigenvalue weighted by Crippen LogP contribution is 2.48. The highest BCUT2D eigenvalue weighted by molar-refractivity contribution is 7.99. The van der Waals surface area contributed by atoms with Crippen LogP contribution in [0.15, 0.2) is 113 Å². The predicted molar refractivity (Wildman–Crippen MR) is 127 cm³/mol. The van der Waals surface area contributed by atoms with E-state index in [-0.39, 0.29) is 0 Å². The third kappa shape index (κ3) is 2.90. The fourth-order valence-electron chi connectivity index (χ4n) is 4.25. The predicted octanol–water partition coefficient (Wildman–Crippen LogP) is 7.56. The Labute approximate surface area is 180 Å². The average molecular weight is 405 g/mol. The molecule has 1 aromatic heterocycles. The Morgan fingerprint density at radius 3 is 2.37 bits per heavy atom. The van der Waals surface area contributed by atoms with Crippen molar-refractivity contribution in [2.75, 3.05) is 5.32 Å². The van der Waals surface area contributed by atoms with Crippen LogP contribution in [0, 0.1) is 0 Å². The Morgan fingerprint density at radius 2 is 1.43 bits per heavy atom. The molecule has 0 unspecified atom stereocenters. The molecular formula is C27H20N2S. The van der Waals surface area contributed by atoms with Crippen molar-refractivity contribution in [2.24, 2.45) is 0 Å². The second kappa shape index (κ2) is 7.12. The van der Waals surface area contributed by atoms with Crippen molar-refractivity contribution < 1.29 is 0 Å². The Morgan fingerprint density at radius 1 is 0.667 bits per heavy atom. The van der Waals surface area contributed by atoms with Gasteiger partial charge in [-0.3, -0.25) is 0 Å². The maximum atomic E-state index is 3.70. The molecule has 4 aromatic carbocycles. The van der Waals surface area contributed by atoms with E-state index in [1.54, 1.807) is 0 Å². The van der Waals surface area contributed by atoms with Gasteiger partial charge in [0.15, 0.2) is 0 Å². The van der Waals surface area contributed by atoms with Crippen molar-refractivity contribution in [2.45, 2.75) is 16.3 Å². The van der Waals surface area contributed by atoms with Crippen LogP contribution in [-0.2, 0) is 6.54 Å². The van der Waals surface area contributed by atoms with Gasteiger partial charge in [0.1, 0.15) is 0 Å². The number of para-hydroxylation sites is 3. The average Bonchev–Trinajstić information content (AvgIpc) is 3.16. The van der Waals surface area contributed by atoms with E-state index in [0.717, 1.165) is 6.54 Å². The maximum absolute atomic E-state index is 3.70. The monoisotopic (exact) mass is 404 g/mol. The minimum atomic E-state index is 0.862. The number of aromatic nitrogens is 1. The Bertz CT molecular complexity index is 1370. The lowest BCUT2D eigenvalue weighted by atomic mass is 10.0. The van der Waals surface area contributed by atoms with Gasteiger partial charge >= 0.3 is 0 Å². The summed E-state index contributed by atoms with van der Waals surface area (Å²) in [5.74, 6) is 0. The summed E-state index contributed by atoms with van der Waals surface area (Å²) < 4.78 is 2.36. The number of rotatable bonds is 3. The molecule has 30 heavy (non-hydrogen) atoms. The third-order valence-electron chi connectivity index (χ3n) is 5.67. The molecule has 6 rings (SSSR count). The number of hydrogen-bond donors (Lipinski definition) is 1. The quantitative estimate of drug-likeness (QED) is 0.328. The lowest BCUT2D eigenvalue weighted by Crippen LogP contribution is -2.01. The summed E-state index contributed by atoms with van der Waals surface area (Å²) in [7, 11) is 0. The van der Waals surface area contributed by atoms with Crippen molar-refractivity contribution in [3.05, 3.63) is 109 Å². The first kappa shape index (κ1) is 17.4. The van der Waals surface area contributed by atoms with Crippen LogP contribution in [0.5, 0.6) is 0 Å². The minimum Gasteiger partial charge on any atom is -0.353 e. The van der Waals surface area contributed by atoms with Crippen molar-refractivity contribution in [1.82, 2.24) is 4.57 Å². The van der Waals surface area contributed by atoms with Gasteiger partial charge in [0.05, 0.1) is 11.4 Å². The Balaban J connectivity index is 1.51. The second-order valence-corrected chi connectivity index (χ2v) is 8.66. The molecule has 0 aliphatic carbocycles. The molecule has 0 bridgehead atoms. The molecule has 0 saturated heterocycles. The van der Waals surface area contributed by atoms with Gasteiger partial charge in [0.2, 0.25) is 0 Å². The zero-order valence-corrected chi connectivity index (χ0v) is 17.2. The van der Waals surface area contributed by atoms with Gasteiger partial charge in [0, 0.05) is 44.6 Å². The summed E-state index contributed by atoms with van der Waals surface area (Å²) in [6.45, 7) is 0.862. The van der Waals surface area contributed by atoms with Crippen molar-refractivity contribution in [3.8, 4) is 11.1 Å². The normalized spacial score (nSPS) is 12.3. The van der Waals surface area contributed by atoms with Gasteiger partial charge in [-0.05, 0) is 29.8 Å². The van der Waals surface area contributed by atoms with Crippen molar-refractivity contribution in [3.63, 3.8) is 0 Å². The van der Waals surface area contributed by atoms with E-state index in [1.165, 1.54) is 48.8 Å². The van der Waals surface area contributed by atoms with Crippen LogP contribution in [-0.4, -0.2) is 4.57 Å². The molecule has 0 amide bonds. The van der Waals surface area contributed by atoms with Gasteiger partial charge in [-0.2, -0.15) is 0 Å². The molecule has 1 N–H and O–H groups in total. The van der Waals surface area contributed by atoms with Crippen LogP contribution < -0.4 is 5.32 Å². The van der Waals surface area contributed by atoms with E-state index in [9.17, 15) is 0 Å². The van der Waals surface area contributed by atoms with Crippen LogP contribution >= 0.6 is 11.8 Å². The molecule has 1 aliphatic rings. The third-order valence-corrected chi connectivity index (χ3v) is 6.80. The molecule has 144 valence electrons. The first-order chi connectivity index (χ1) is 14.9. The summed E-state index contributed by atoms with van der Waals surface area (Å²) in [5.41, 5.74) is 7.46. The number of nitrogens with zero attached hydrogens (tertiary/aromatic N) is 1. The van der Waals surface area contributed by atoms with Crippen molar-refractivity contribution in [1.29, 1.82) is 0 Å². The molecular weight excluding hydrogens is 384 g/mol. The largest absolute Gasteiger partial charge is 0.353 e. The van der Waals surface area contributed by atoms with Gasteiger partial charge < -0.3 is 9.88 Å². The summed E-state index contributed by atoms with van der Waals surface area (Å²) >= 11 is 1.84. The van der Waals surface area contributed by atoms with Crippen LogP contribution in [0.3, 0.4) is 0 Å². The molecule has 0 atom stereocenters. The molecule has 2 nitrogen and oxygen atoms in total. The highest BCUT2D eigenvalue weighted by atomic mass is 32.2. The van der Waals surface area contributed by atoms with Gasteiger partial charge in [0.25, 0.3) is 0 Å². The number of fused-ring (bicyclic) bond motifs is 3. The molecule has 2 heterocycles. The number of nitrogens with one attached hydrogen (secondary N) is 1. The molecule has 0 radical (unpaired) electrons. The lowest BCUT2D eigenvalue weighted by Gasteiger charge is -2.23. The van der Waals surface area contributed by atoms with Gasteiger partial charge in [-0.1, -0.05) is 84.6 Å². The highest BCUT2D eigenvalue weighted by Gasteiger charge is 2.21. The smallest absolute Gasteiger partial charge is 0.0606 e. The fraction of sp³-hybridized carbons (Fsp3) is 0.0370. The van der Waals surface area contributed by atoms with Crippen LogP contribution in [0.2, 0.25) is 0 Å². The summed E-state index contributed by atoms with van der Waals surface area (Å²) in [6.07, 6.45) is 2.31. The molecule has 0 fully saturated rings. The van der Waals surface area contributed by atoms with E-state index >= 15 is 0 Å². The number of benzene rings is 4. The van der Waals surface area contributed by atoms with E-state index < -0.39 is 0 Å². The molecule has 3 heteroatoms. The van der Waals surface area contributed by atoms with E-state index in [0.29, 0.717) is 0 Å². The summed E-state index contributed by atoms with van der Waals surface area (Å²) in [5, 5.41) is 4.99. The molecule has 0 spiro atoms. The summed E-state index contributed by atoms with van der Waals surface area (Å²) in [4.78, 5) is 2.54. The Hall–Kier alpha value is -3.43. The fourth-order valence-corrected chi connectivity index (χ4v) is 5.28. The number of hydrogen-bond acceptors (Lipinski definition) is 2. The Kier molecular flexibility index (Phi) is 4.14. The molecule has 0 saturated carbocycles. The lowest BCUT2D eigenvalue weighted by molar-refractivity contribution is 0.837. The molecule has 5 aromatic rings. The minimum absolute atomic E-state index is 0.862. The van der Waals surface area contributed by atoms with Crippen LogP contribution in [0.1, 0.15) is 5.56 Å². The first-order valence-electron chi connectivity index (χ1n) is 10.2. The zero-order valence-electron chi connectivity index (χ0n) is 16.4. The SMILES string of the molecule is c1ccc(Cn2cc(-c3cccc4c3Nc3ccccc3S4)c3ccccc32)cc1. The molecule has 1 aliphatic heterocycles. The van der Waals surface area contributed by atoms with Crippen LogP contribution in [0.4, 0.5) is 11.4 Å². The standard InChI is InChI=1S/C27H20N2S/c1-2-9-19(10-3-1)17-29-18-22(20-11-4-6-14-24(20)29)21-12-8-16-26-27(21)28-23-13-5-7-15-25(23)30-26/h1-16,18,28H,17H2. The van der Waals surface area contributed by atoms with Gasteiger partial charge in [-0.25, -0.2) is 0 Å².